The van der Waals surface area contributed by atoms with Crippen molar-refractivity contribution in [2.45, 2.75) is 40.5 Å². The number of hydrogen-bond donors (Lipinski definition) is 3. The molecule has 0 fully saturated rings. The Labute approximate surface area is 181 Å². The fraction of sp³-hybridized carbons (Fsp3) is 0.364. The van der Waals surface area contributed by atoms with Crippen molar-refractivity contribution in [2.24, 2.45) is 0 Å². The zero-order chi connectivity index (χ0) is 22.8. The van der Waals surface area contributed by atoms with Crippen LogP contribution in [0, 0.1) is 13.8 Å². The number of hydrogen-bond acceptors (Lipinski definition) is 5. The second kappa shape index (κ2) is 9.22. The van der Waals surface area contributed by atoms with Crippen molar-refractivity contribution in [3.63, 3.8) is 0 Å². The Kier molecular flexibility index (Phi) is 6.84. The number of aryl methyl sites for hydroxylation is 2. The van der Waals surface area contributed by atoms with Crippen molar-refractivity contribution in [3.05, 3.63) is 46.3 Å². The van der Waals surface area contributed by atoms with Crippen LogP contribution in [0.3, 0.4) is 0 Å². The molecular formula is C22H27N2O6P. The molecule has 2 aromatic rings. The molecule has 0 spiro atoms. The Morgan fingerprint density at radius 3 is 2.48 bits per heavy atom. The molecule has 0 bridgehead atoms. The summed E-state index contributed by atoms with van der Waals surface area (Å²) in [4.78, 5) is 27.0. The molecule has 3 rings (SSSR count). The normalized spacial score (nSPS) is 14.7. The Bertz CT molecular complexity index is 1090. The number of aromatic nitrogens is 1. The van der Waals surface area contributed by atoms with Gasteiger partial charge in [0, 0.05) is 23.9 Å². The van der Waals surface area contributed by atoms with Crippen molar-refractivity contribution in [3.8, 4) is 0 Å². The van der Waals surface area contributed by atoms with Gasteiger partial charge in [-0.2, -0.15) is 0 Å². The highest BCUT2D eigenvalue weighted by Crippen LogP contribution is 2.51. The fourth-order valence-electron chi connectivity index (χ4n) is 3.70. The molecule has 1 aromatic carbocycles. The predicted octanol–water partition coefficient (Wildman–Crippen LogP) is 4.03. The maximum Gasteiger partial charge on any atom is 0.363 e. The summed E-state index contributed by atoms with van der Waals surface area (Å²) in [6.45, 7) is 7.61. The summed E-state index contributed by atoms with van der Waals surface area (Å²) >= 11 is 0. The SMILES string of the molecule is CCOP(=O)(OCC)c1cc(C)cc2c1NC(=O)C2=Cc1[nH]cc(C)c1CCC(=O)O. The highest BCUT2D eigenvalue weighted by molar-refractivity contribution is 7.62. The van der Waals surface area contributed by atoms with Crippen molar-refractivity contribution in [1.82, 2.24) is 4.98 Å². The zero-order valence-corrected chi connectivity index (χ0v) is 19.0. The molecule has 0 atom stereocenters. The number of fused-ring (bicyclic) bond motifs is 1. The first-order chi connectivity index (χ1) is 14.7. The zero-order valence-electron chi connectivity index (χ0n) is 18.1. The lowest BCUT2D eigenvalue weighted by atomic mass is 10.0. The summed E-state index contributed by atoms with van der Waals surface area (Å²) in [5.41, 5.74) is 4.69. The number of carboxylic acid groups (broad SMARTS) is 1. The number of benzene rings is 1. The minimum absolute atomic E-state index is 0.00714. The molecule has 1 aromatic heterocycles. The van der Waals surface area contributed by atoms with Gasteiger partial charge in [-0.3, -0.25) is 14.2 Å². The van der Waals surface area contributed by atoms with E-state index in [1.165, 1.54) is 0 Å². The standard InChI is InChI=1S/C22H27N2O6P/c1-5-29-31(28,30-6-2)19-10-13(3)9-16-17(22(27)24-21(16)19)11-18-15(7-8-20(25)26)14(4)12-23-18/h9-12,23H,5-8H2,1-4H3,(H,24,27)(H,25,26). The van der Waals surface area contributed by atoms with Crippen molar-refractivity contribution in [2.75, 3.05) is 18.5 Å². The second-order valence-corrected chi connectivity index (χ2v) is 9.30. The van der Waals surface area contributed by atoms with Crippen LogP contribution in [0.15, 0.2) is 18.3 Å². The average Bonchev–Trinajstić information content (AvgIpc) is 3.20. The minimum Gasteiger partial charge on any atom is -0.481 e. The largest absolute Gasteiger partial charge is 0.481 e. The first kappa shape index (κ1) is 23.0. The van der Waals surface area contributed by atoms with Crippen LogP contribution in [0.1, 0.15) is 48.2 Å². The molecule has 0 unspecified atom stereocenters. The van der Waals surface area contributed by atoms with E-state index in [-0.39, 0.29) is 25.5 Å². The number of amides is 1. The molecule has 166 valence electrons. The smallest absolute Gasteiger partial charge is 0.363 e. The van der Waals surface area contributed by atoms with Gasteiger partial charge in [-0.15, -0.1) is 0 Å². The highest BCUT2D eigenvalue weighted by Gasteiger charge is 2.36. The van der Waals surface area contributed by atoms with Crippen LogP contribution in [0.2, 0.25) is 0 Å². The van der Waals surface area contributed by atoms with E-state index in [2.05, 4.69) is 10.3 Å². The number of carboxylic acids is 1. The third-order valence-corrected chi connectivity index (χ3v) is 7.19. The third kappa shape index (κ3) is 4.66. The van der Waals surface area contributed by atoms with E-state index in [1.54, 1.807) is 32.2 Å². The molecule has 9 heteroatoms. The first-order valence-electron chi connectivity index (χ1n) is 10.2. The molecular weight excluding hydrogens is 419 g/mol. The van der Waals surface area contributed by atoms with E-state index < -0.39 is 13.6 Å². The number of H-pyrrole nitrogens is 1. The number of aliphatic carboxylic acids is 1. The Hall–Kier alpha value is -2.67. The Balaban J connectivity index is 2.12. The third-order valence-electron chi connectivity index (χ3n) is 5.05. The van der Waals surface area contributed by atoms with Gasteiger partial charge in [0.15, 0.2) is 0 Å². The topological polar surface area (TPSA) is 118 Å². The van der Waals surface area contributed by atoms with Crippen LogP contribution in [0.4, 0.5) is 5.69 Å². The maximum atomic E-state index is 13.4. The van der Waals surface area contributed by atoms with E-state index >= 15 is 0 Å². The van der Waals surface area contributed by atoms with Crippen molar-refractivity contribution >= 4 is 42.1 Å². The summed E-state index contributed by atoms with van der Waals surface area (Å²) in [5, 5.41) is 12.2. The van der Waals surface area contributed by atoms with Gasteiger partial charge in [0.2, 0.25) is 0 Å². The molecule has 8 nitrogen and oxygen atoms in total. The summed E-state index contributed by atoms with van der Waals surface area (Å²) in [5.74, 6) is -1.22. The lowest BCUT2D eigenvalue weighted by Gasteiger charge is -2.20. The lowest BCUT2D eigenvalue weighted by Crippen LogP contribution is -2.16. The molecule has 1 amide bonds. The van der Waals surface area contributed by atoms with E-state index in [1.807, 2.05) is 19.9 Å². The van der Waals surface area contributed by atoms with Gasteiger partial charge in [-0.05, 0) is 69.0 Å². The summed E-state index contributed by atoms with van der Waals surface area (Å²) in [6.07, 6.45) is 3.84. The lowest BCUT2D eigenvalue weighted by molar-refractivity contribution is -0.137. The molecule has 0 aliphatic carbocycles. The van der Waals surface area contributed by atoms with Gasteiger partial charge in [-0.1, -0.05) is 0 Å². The van der Waals surface area contributed by atoms with Gasteiger partial charge in [0.25, 0.3) is 5.91 Å². The van der Waals surface area contributed by atoms with Gasteiger partial charge >= 0.3 is 13.6 Å². The van der Waals surface area contributed by atoms with Crippen LogP contribution < -0.4 is 10.6 Å². The number of aromatic amines is 1. The Morgan fingerprint density at radius 2 is 1.87 bits per heavy atom. The van der Waals surface area contributed by atoms with Crippen LogP contribution in [0.25, 0.3) is 11.6 Å². The number of rotatable bonds is 9. The molecule has 1 aliphatic heterocycles. The molecule has 1 aliphatic rings. The minimum atomic E-state index is -3.62. The molecule has 2 heterocycles. The molecule has 31 heavy (non-hydrogen) atoms. The van der Waals surface area contributed by atoms with Crippen LogP contribution >= 0.6 is 7.60 Å². The van der Waals surface area contributed by atoms with Crippen LogP contribution in [-0.4, -0.2) is 35.2 Å². The van der Waals surface area contributed by atoms with Gasteiger partial charge < -0.3 is 24.5 Å². The molecule has 0 saturated heterocycles. The molecule has 0 saturated carbocycles. The highest BCUT2D eigenvalue weighted by atomic mass is 31.2. The number of carbonyl (C=O) groups excluding carboxylic acids is 1. The van der Waals surface area contributed by atoms with Crippen molar-refractivity contribution < 1.29 is 28.3 Å². The summed E-state index contributed by atoms with van der Waals surface area (Å²) in [7, 11) is -3.62. The maximum absolute atomic E-state index is 13.4. The van der Waals surface area contributed by atoms with E-state index in [0.29, 0.717) is 34.2 Å². The fourth-order valence-corrected chi connectivity index (χ4v) is 5.54. The number of carbonyl (C=O) groups is 2. The average molecular weight is 446 g/mol. The number of nitrogens with one attached hydrogen (secondary N) is 2. The second-order valence-electron chi connectivity index (χ2n) is 7.31. The van der Waals surface area contributed by atoms with E-state index in [4.69, 9.17) is 14.2 Å². The Morgan fingerprint density at radius 1 is 1.19 bits per heavy atom. The van der Waals surface area contributed by atoms with Gasteiger partial charge in [-0.25, -0.2) is 0 Å². The summed E-state index contributed by atoms with van der Waals surface area (Å²) < 4.78 is 24.4. The van der Waals surface area contributed by atoms with Crippen LogP contribution in [-0.2, 0) is 29.6 Å². The summed E-state index contributed by atoms with van der Waals surface area (Å²) in [6, 6.07) is 3.56. The van der Waals surface area contributed by atoms with Gasteiger partial charge in [0.05, 0.1) is 29.8 Å². The monoisotopic (exact) mass is 446 g/mol. The van der Waals surface area contributed by atoms with E-state index in [0.717, 1.165) is 16.7 Å². The molecule has 3 N–H and O–H groups in total. The van der Waals surface area contributed by atoms with Crippen molar-refractivity contribution in [1.29, 1.82) is 0 Å². The van der Waals surface area contributed by atoms with E-state index in [9.17, 15) is 14.2 Å². The number of anilines is 1. The quantitative estimate of drug-likeness (QED) is 0.395. The van der Waals surface area contributed by atoms with Crippen LogP contribution in [0.5, 0.6) is 0 Å². The molecule has 0 radical (unpaired) electrons. The first-order valence-corrected chi connectivity index (χ1v) is 11.7. The van der Waals surface area contributed by atoms with Gasteiger partial charge in [0.1, 0.15) is 0 Å². The predicted molar refractivity (Wildman–Crippen MR) is 120 cm³/mol.